The lowest BCUT2D eigenvalue weighted by atomic mass is 10.0. The summed E-state index contributed by atoms with van der Waals surface area (Å²) in [6.07, 6.45) is 4.99. The first-order valence-electron chi connectivity index (χ1n) is 11.6. The summed E-state index contributed by atoms with van der Waals surface area (Å²) in [6.45, 7) is 4.13. The van der Waals surface area contributed by atoms with Crippen molar-refractivity contribution in [1.29, 1.82) is 5.26 Å². The number of para-hydroxylation sites is 1. The van der Waals surface area contributed by atoms with Crippen molar-refractivity contribution >= 4 is 22.5 Å². The van der Waals surface area contributed by atoms with Crippen molar-refractivity contribution in [3.05, 3.63) is 105 Å². The van der Waals surface area contributed by atoms with Crippen LogP contribution in [0.5, 0.6) is 5.75 Å². The molecule has 1 aromatic carbocycles. The maximum atomic E-state index is 12.8. The van der Waals surface area contributed by atoms with Gasteiger partial charge in [0.1, 0.15) is 29.5 Å². The monoisotopic (exact) mass is 510 g/mol. The SMILES string of the molecule is Cc1cc(-c2ccnn2C)c2cccc(OCc3c(Cl)cncc3Cn3c(C)ccc(C#N)c3=O)c2n1. The van der Waals surface area contributed by atoms with Crippen molar-refractivity contribution in [2.75, 3.05) is 0 Å². The number of aromatic nitrogens is 5. The summed E-state index contributed by atoms with van der Waals surface area (Å²) in [5.74, 6) is 0.614. The Labute approximate surface area is 218 Å². The maximum Gasteiger partial charge on any atom is 0.268 e. The van der Waals surface area contributed by atoms with Crippen LogP contribution in [0, 0.1) is 25.2 Å². The van der Waals surface area contributed by atoms with Crippen LogP contribution in [0.3, 0.4) is 0 Å². The van der Waals surface area contributed by atoms with E-state index in [1.165, 1.54) is 6.07 Å². The topological polar surface area (TPSA) is 98.6 Å². The van der Waals surface area contributed by atoms with Crippen molar-refractivity contribution in [3.63, 3.8) is 0 Å². The van der Waals surface area contributed by atoms with Crippen molar-refractivity contribution < 1.29 is 4.74 Å². The van der Waals surface area contributed by atoms with Gasteiger partial charge in [0, 0.05) is 53.5 Å². The predicted octanol–water partition coefficient (Wildman–Crippen LogP) is 4.96. The van der Waals surface area contributed by atoms with Crippen LogP contribution >= 0.6 is 11.6 Å². The van der Waals surface area contributed by atoms with Gasteiger partial charge in [0.05, 0.1) is 17.3 Å². The molecule has 37 heavy (non-hydrogen) atoms. The molecule has 0 saturated carbocycles. The Morgan fingerprint density at radius 1 is 1.14 bits per heavy atom. The van der Waals surface area contributed by atoms with Gasteiger partial charge in [-0.15, -0.1) is 0 Å². The predicted molar refractivity (Wildman–Crippen MR) is 142 cm³/mol. The molecule has 0 fully saturated rings. The number of fused-ring (bicyclic) bond motifs is 1. The number of nitrogens with zero attached hydrogens (tertiary/aromatic N) is 6. The van der Waals surface area contributed by atoms with Gasteiger partial charge >= 0.3 is 0 Å². The fourth-order valence-electron chi connectivity index (χ4n) is 4.39. The summed E-state index contributed by atoms with van der Waals surface area (Å²) in [6, 6.07) is 15.1. The van der Waals surface area contributed by atoms with E-state index in [1.807, 2.05) is 62.0 Å². The molecular weight excluding hydrogens is 488 g/mol. The van der Waals surface area contributed by atoms with Gasteiger partial charge in [-0.2, -0.15) is 10.4 Å². The van der Waals surface area contributed by atoms with Gasteiger partial charge in [0.15, 0.2) is 0 Å². The smallest absolute Gasteiger partial charge is 0.268 e. The lowest BCUT2D eigenvalue weighted by Gasteiger charge is -2.16. The average Bonchev–Trinajstić information content (AvgIpc) is 3.31. The fourth-order valence-corrected chi connectivity index (χ4v) is 4.62. The second-order valence-corrected chi connectivity index (χ2v) is 9.15. The van der Waals surface area contributed by atoms with E-state index >= 15 is 0 Å². The first kappa shape index (κ1) is 24.2. The molecule has 0 aliphatic heterocycles. The van der Waals surface area contributed by atoms with Crippen LogP contribution in [-0.4, -0.2) is 24.3 Å². The van der Waals surface area contributed by atoms with Crippen molar-refractivity contribution in [2.24, 2.45) is 7.05 Å². The molecule has 5 aromatic rings. The minimum Gasteiger partial charge on any atom is -0.487 e. The molecule has 5 rings (SSSR count). The van der Waals surface area contributed by atoms with Gasteiger partial charge in [0.25, 0.3) is 5.56 Å². The van der Waals surface area contributed by atoms with Crippen LogP contribution in [0.25, 0.3) is 22.2 Å². The highest BCUT2D eigenvalue weighted by atomic mass is 35.5. The van der Waals surface area contributed by atoms with Crippen LogP contribution in [0.1, 0.15) is 28.1 Å². The Bertz CT molecular complexity index is 1750. The number of rotatable bonds is 6. The van der Waals surface area contributed by atoms with E-state index in [0.29, 0.717) is 16.3 Å². The molecule has 0 spiro atoms. The van der Waals surface area contributed by atoms with E-state index in [4.69, 9.17) is 21.3 Å². The summed E-state index contributed by atoms with van der Waals surface area (Å²) in [7, 11) is 1.91. The highest BCUT2D eigenvalue weighted by Gasteiger charge is 2.16. The van der Waals surface area contributed by atoms with Crippen molar-refractivity contribution in [3.8, 4) is 23.1 Å². The van der Waals surface area contributed by atoms with Crippen molar-refractivity contribution in [2.45, 2.75) is 27.0 Å². The molecule has 4 heterocycles. The molecule has 0 radical (unpaired) electrons. The van der Waals surface area contributed by atoms with Gasteiger partial charge in [-0.1, -0.05) is 23.7 Å². The number of halogens is 1. The summed E-state index contributed by atoms with van der Waals surface area (Å²) in [5, 5.41) is 15.0. The zero-order valence-electron chi connectivity index (χ0n) is 20.6. The second kappa shape index (κ2) is 9.88. The third kappa shape index (κ3) is 4.57. The van der Waals surface area contributed by atoms with Crippen molar-refractivity contribution in [1.82, 2.24) is 24.3 Å². The van der Waals surface area contributed by atoms with E-state index < -0.39 is 0 Å². The third-order valence-electron chi connectivity index (χ3n) is 6.34. The van der Waals surface area contributed by atoms with Gasteiger partial charge in [-0.3, -0.25) is 14.5 Å². The third-order valence-corrected chi connectivity index (χ3v) is 6.66. The highest BCUT2D eigenvalue weighted by Crippen LogP contribution is 2.33. The molecule has 4 aromatic heterocycles. The van der Waals surface area contributed by atoms with E-state index in [2.05, 4.69) is 10.1 Å². The normalized spacial score (nSPS) is 11.0. The number of hydrogen-bond acceptors (Lipinski definition) is 6. The van der Waals surface area contributed by atoms with Crippen LogP contribution in [0.2, 0.25) is 5.02 Å². The number of benzene rings is 1. The number of nitriles is 1. The summed E-state index contributed by atoms with van der Waals surface area (Å²) in [5.41, 5.74) is 5.48. The number of aryl methyl sites for hydroxylation is 3. The first-order valence-corrected chi connectivity index (χ1v) is 12.0. The number of hydrogen-bond donors (Lipinski definition) is 0. The molecule has 184 valence electrons. The molecule has 0 N–H and O–H groups in total. The Kier molecular flexibility index (Phi) is 6.47. The summed E-state index contributed by atoms with van der Waals surface area (Å²) >= 11 is 6.55. The molecule has 0 aliphatic rings. The standard InChI is InChI=1S/C28H23ClN6O2/c1-17-11-22(25-9-10-32-34(25)3)21-5-4-6-26(27(21)33-17)37-16-23-20(13-31-14-24(23)29)15-35-18(2)7-8-19(12-30)28(35)36/h4-11,13-14H,15-16H2,1-3H3. The first-order chi connectivity index (χ1) is 17.9. The van der Waals surface area contributed by atoms with Gasteiger partial charge < -0.3 is 9.30 Å². The molecule has 0 unspecified atom stereocenters. The van der Waals surface area contributed by atoms with E-state index in [1.54, 1.807) is 29.2 Å². The van der Waals surface area contributed by atoms with Gasteiger partial charge in [0.2, 0.25) is 0 Å². The van der Waals surface area contributed by atoms with Gasteiger partial charge in [-0.05, 0) is 49.7 Å². The minimum atomic E-state index is -0.356. The van der Waals surface area contributed by atoms with Crippen LogP contribution < -0.4 is 10.3 Å². The molecule has 0 bridgehead atoms. The summed E-state index contributed by atoms with van der Waals surface area (Å²) in [4.78, 5) is 21.8. The fraction of sp³-hybridized carbons (Fsp3) is 0.179. The van der Waals surface area contributed by atoms with Crippen LogP contribution in [-0.2, 0) is 20.2 Å². The molecule has 0 atom stereocenters. The molecule has 8 nitrogen and oxygen atoms in total. The van der Waals surface area contributed by atoms with E-state index in [0.717, 1.165) is 39.1 Å². The Morgan fingerprint density at radius 3 is 2.73 bits per heavy atom. The lowest BCUT2D eigenvalue weighted by molar-refractivity contribution is 0.307. The molecule has 0 amide bonds. The molecule has 0 aliphatic carbocycles. The molecular formula is C28H23ClN6O2. The van der Waals surface area contributed by atoms with E-state index in [9.17, 15) is 10.1 Å². The minimum absolute atomic E-state index is 0.0832. The summed E-state index contributed by atoms with van der Waals surface area (Å²) < 4.78 is 9.66. The Hall–Kier alpha value is -4.48. The molecule has 9 heteroatoms. The lowest BCUT2D eigenvalue weighted by Crippen LogP contribution is -2.25. The van der Waals surface area contributed by atoms with Crippen LogP contribution in [0.15, 0.2) is 65.8 Å². The van der Waals surface area contributed by atoms with Crippen LogP contribution in [0.4, 0.5) is 0 Å². The van der Waals surface area contributed by atoms with Gasteiger partial charge in [-0.25, -0.2) is 4.98 Å². The Morgan fingerprint density at radius 2 is 1.97 bits per heavy atom. The quantitative estimate of drug-likeness (QED) is 0.320. The maximum absolute atomic E-state index is 12.8. The number of pyridine rings is 3. The largest absolute Gasteiger partial charge is 0.487 e. The zero-order valence-corrected chi connectivity index (χ0v) is 21.3. The zero-order chi connectivity index (χ0) is 26.1. The Balaban J connectivity index is 1.52. The number of ether oxygens (including phenoxy) is 1. The molecule has 0 saturated heterocycles. The van der Waals surface area contributed by atoms with E-state index in [-0.39, 0.29) is 24.3 Å². The highest BCUT2D eigenvalue weighted by molar-refractivity contribution is 6.31. The average molecular weight is 511 g/mol. The second-order valence-electron chi connectivity index (χ2n) is 8.74.